The van der Waals surface area contributed by atoms with E-state index in [9.17, 15) is 9.59 Å². The Hall–Kier alpha value is -1.90. The first kappa shape index (κ1) is 15.0. The summed E-state index contributed by atoms with van der Waals surface area (Å²) in [5.41, 5.74) is 3.02. The molecule has 0 saturated carbocycles. The Kier molecular flexibility index (Phi) is 4.14. The van der Waals surface area contributed by atoms with Crippen molar-refractivity contribution >= 4 is 11.6 Å². The predicted octanol–water partition coefficient (Wildman–Crippen LogP) is 3.85. The lowest BCUT2D eigenvalue weighted by molar-refractivity contribution is 0.0886. The van der Waals surface area contributed by atoms with Crippen LogP contribution in [0.5, 0.6) is 0 Å². The number of allylic oxidation sites excluding steroid dienone is 2. The number of hydrogen-bond acceptors (Lipinski definition) is 3. The van der Waals surface area contributed by atoms with Gasteiger partial charge in [0.25, 0.3) is 0 Å². The Bertz CT molecular complexity index is 639. The zero-order chi connectivity index (χ0) is 15.7. The van der Waals surface area contributed by atoms with Crippen LogP contribution in [0.1, 0.15) is 60.2 Å². The minimum Gasteiger partial charge on any atom is -0.374 e. The van der Waals surface area contributed by atoms with Gasteiger partial charge in [0.1, 0.15) is 0 Å². The third-order valence-electron chi connectivity index (χ3n) is 4.79. The van der Waals surface area contributed by atoms with Crippen LogP contribution in [-0.4, -0.2) is 29.6 Å². The minimum atomic E-state index is -0.329. The zero-order valence-corrected chi connectivity index (χ0v) is 13.4. The second-order valence-corrected chi connectivity index (χ2v) is 6.27. The first-order chi connectivity index (χ1) is 10.6. The molecule has 1 aliphatic carbocycles. The number of nitrogens with zero attached hydrogens (tertiary/aromatic N) is 1. The van der Waals surface area contributed by atoms with Crippen LogP contribution in [0.2, 0.25) is 0 Å². The lowest BCUT2D eigenvalue weighted by Gasteiger charge is -2.30. The molecule has 0 radical (unpaired) electrons. The fourth-order valence-corrected chi connectivity index (χ4v) is 3.67. The van der Waals surface area contributed by atoms with Gasteiger partial charge in [-0.3, -0.25) is 9.59 Å². The Labute approximate surface area is 132 Å². The highest BCUT2D eigenvalue weighted by Gasteiger charge is 2.37. The van der Waals surface area contributed by atoms with E-state index in [-0.39, 0.29) is 17.5 Å². The van der Waals surface area contributed by atoms with Crippen molar-refractivity contribution in [1.29, 1.82) is 0 Å². The summed E-state index contributed by atoms with van der Waals surface area (Å²) in [5.74, 6) is -0.194. The monoisotopic (exact) mass is 297 g/mol. The van der Waals surface area contributed by atoms with Gasteiger partial charge in [0.15, 0.2) is 11.6 Å². The highest BCUT2D eigenvalue weighted by atomic mass is 16.1. The third kappa shape index (κ3) is 2.39. The molecule has 3 nitrogen and oxygen atoms in total. The molecule has 22 heavy (non-hydrogen) atoms. The van der Waals surface area contributed by atoms with Gasteiger partial charge in [-0.25, -0.2) is 0 Å². The van der Waals surface area contributed by atoms with Crippen molar-refractivity contribution in [2.24, 2.45) is 5.92 Å². The fourth-order valence-electron chi connectivity index (χ4n) is 3.67. The molecule has 0 N–H and O–H groups in total. The lowest BCUT2D eigenvalue weighted by atomic mass is 9.77. The lowest BCUT2D eigenvalue weighted by Crippen LogP contribution is -2.32. The summed E-state index contributed by atoms with van der Waals surface area (Å²) in [6.07, 6.45) is 4.22. The molecular formula is C19H23NO2. The van der Waals surface area contributed by atoms with Gasteiger partial charge in [0.05, 0.1) is 5.92 Å². The largest absolute Gasteiger partial charge is 0.374 e. The molecule has 116 valence electrons. The maximum Gasteiger partial charge on any atom is 0.192 e. The average molecular weight is 297 g/mol. The normalized spacial score (nSPS) is 23.7. The van der Waals surface area contributed by atoms with Crippen molar-refractivity contribution in [1.82, 2.24) is 4.90 Å². The number of fused-ring (bicyclic) bond motifs is 1. The quantitative estimate of drug-likeness (QED) is 0.795. The SMILES string of the molecule is CCC/C(=C1/C(=O)c2ccccc2C(=O)C1C)N1CCCC1. The summed E-state index contributed by atoms with van der Waals surface area (Å²) in [7, 11) is 0. The number of likely N-dealkylation sites (tertiary alicyclic amines) is 1. The molecule has 0 aromatic heterocycles. The Morgan fingerprint density at radius 2 is 1.77 bits per heavy atom. The van der Waals surface area contributed by atoms with Crippen molar-refractivity contribution in [2.75, 3.05) is 13.1 Å². The van der Waals surface area contributed by atoms with Gasteiger partial charge in [-0.2, -0.15) is 0 Å². The molecule has 1 aromatic rings. The molecule has 3 heteroatoms. The third-order valence-corrected chi connectivity index (χ3v) is 4.79. The van der Waals surface area contributed by atoms with E-state index < -0.39 is 0 Å². The van der Waals surface area contributed by atoms with Gasteiger partial charge in [0.2, 0.25) is 0 Å². The number of ketones is 2. The van der Waals surface area contributed by atoms with Gasteiger partial charge < -0.3 is 4.90 Å². The van der Waals surface area contributed by atoms with Crippen molar-refractivity contribution in [2.45, 2.75) is 39.5 Å². The predicted molar refractivity (Wildman–Crippen MR) is 87.0 cm³/mol. The van der Waals surface area contributed by atoms with Crippen molar-refractivity contribution < 1.29 is 9.59 Å². The Morgan fingerprint density at radius 1 is 1.14 bits per heavy atom. The molecule has 0 amide bonds. The molecule has 1 aliphatic heterocycles. The molecule has 1 heterocycles. The number of Topliss-reactive ketones (excluding diaryl/α,β-unsaturated/α-hetero) is 2. The van der Waals surface area contributed by atoms with E-state index in [1.165, 1.54) is 12.8 Å². The summed E-state index contributed by atoms with van der Waals surface area (Å²) < 4.78 is 0. The van der Waals surface area contributed by atoms with Crippen LogP contribution in [0.25, 0.3) is 0 Å². The maximum atomic E-state index is 13.0. The second kappa shape index (κ2) is 6.07. The van der Waals surface area contributed by atoms with Gasteiger partial charge in [0, 0.05) is 35.5 Å². The first-order valence-corrected chi connectivity index (χ1v) is 8.31. The van der Waals surface area contributed by atoms with Gasteiger partial charge >= 0.3 is 0 Å². The van der Waals surface area contributed by atoms with E-state index in [2.05, 4.69) is 11.8 Å². The van der Waals surface area contributed by atoms with E-state index in [0.29, 0.717) is 11.1 Å². The van der Waals surface area contributed by atoms with Gasteiger partial charge in [-0.05, 0) is 19.3 Å². The summed E-state index contributed by atoms with van der Waals surface area (Å²) >= 11 is 0. The van der Waals surface area contributed by atoms with Crippen LogP contribution in [0.3, 0.4) is 0 Å². The van der Waals surface area contributed by atoms with Crippen molar-refractivity contribution in [3.63, 3.8) is 0 Å². The van der Waals surface area contributed by atoms with E-state index in [0.717, 1.165) is 37.2 Å². The van der Waals surface area contributed by atoms with E-state index >= 15 is 0 Å². The van der Waals surface area contributed by atoms with Crippen LogP contribution in [0.4, 0.5) is 0 Å². The number of hydrogen-bond donors (Lipinski definition) is 0. The summed E-state index contributed by atoms with van der Waals surface area (Å²) in [5, 5.41) is 0. The molecule has 0 bridgehead atoms. The summed E-state index contributed by atoms with van der Waals surface area (Å²) in [4.78, 5) is 28.0. The van der Waals surface area contributed by atoms with Crippen molar-refractivity contribution in [3.05, 3.63) is 46.7 Å². The van der Waals surface area contributed by atoms with Crippen LogP contribution >= 0.6 is 0 Å². The second-order valence-electron chi connectivity index (χ2n) is 6.27. The summed E-state index contributed by atoms with van der Waals surface area (Å²) in [6, 6.07) is 7.24. The highest BCUT2D eigenvalue weighted by molar-refractivity contribution is 6.23. The molecule has 1 fully saturated rings. The summed E-state index contributed by atoms with van der Waals surface area (Å²) in [6.45, 7) is 6.03. The Balaban J connectivity index is 2.13. The number of carbonyl (C=O) groups is 2. The molecule has 1 unspecified atom stereocenters. The first-order valence-electron chi connectivity index (χ1n) is 8.31. The zero-order valence-electron chi connectivity index (χ0n) is 13.4. The van der Waals surface area contributed by atoms with Gasteiger partial charge in [-0.15, -0.1) is 0 Å². The van der Waals surface area contributed by atoms with Crippen LogP contribution in [-0.2, 0) is 0 Å². The van der Waals surface area contributed by atoms with E-state index in [1.54, 1.807) is 12.1 Å². The maximum absolute atomic E-state index is 13.0. The molecule has 0 spiro atoms. The topological polar surface area (TPSA) is 37.4 Å². The molecule has 3 rings (SSSR count). The number of carbonyl (C=O) groups excluding carboxylic acids is 2. The minimum absolute atomic E-state index is 0.0537. The van der Waals surface area contributed by atoms with Gasteiger partial charge in [-0.1, -0.05) is 44.5 Å². The fraction of sp³-hybridized carbons (Fsp3) is 0.474. The molecule has 1 aromatic carbocycles. The van der Waals surface area contributed by atoms with Crippen molar-refractivity contribution in [3.8, 4) is 0 Å². The van der Waals surface area contributed by atoms with Crippen LogP contribution < -0.4 is 0 Å². The molecule has 1 saturated heterocycles. The number of rotatable bonds is 3. The molecule has 2 aliphatic rings. The number of benzene rings is 1. The molecular weight excluding hydrogens is 274 g/mol. The molecule has 1 atom stereocenters. The average Bonchev–Trinajstić information content (AvgIpc) is 3.06. The van der Waals surface area contributed by atoms with E-state index in [1.807, 2.05) is 19.1 Å². The smallest absolute Gasteiger partial charge is 0.192 e. The van der Waals surface area contributed by atoms with Crippen LogP contribution in [0.15, 0.2) is 35.5 Å². The standard InChI is InChI=1S/C19H23NO2/c1-3-8-16(20-11-6-7-12-20)17-13(2)18(21)14-9-4-5-10-15(14)19(17)22/h4-5,9-10,13H,3,6-8,11-12H2,1-2H3/b17-16-. The van der Waals surface area contributed by atoms with E-state index in [4.69, 9.17) is 0 Å². The highest BCUT2D eigenvalue weighted by Crippen LogP contribution is 2.35. The van der Waals surface area contributed by atoms with Crippen LogP contribution in [0, 0.1) is 5.92 Å². The Morgan fingerprint density at radius 3 is 2.41 bits per heavy atom.